The van der Waals surface area contributed by atoms with Gasteiger partial charge in [-0.15, -0.1) is 0 Å². The van der Waals surface area contributed by atoms with Crippen LogP contribution in [0.25, 0.3) is 0 Å². The van der Waals surface area contributed by atoms with Gasteiger partial charge in [0.2, 0.25) is 0 Å². The monoisotopic (exact) mass is 165 g/mol. The van der Waals surface area contributed by atoms with E-state index < -0.39 is 0 Å². The van der Waals surface area contributed by atoms with Gasteiger partial charge in [0, 0.05) is 12.3 Å². The Kier molecular flexibility index (Phi) is 1.97. The summed E-state index contributed by atoms with van der Waals surface area (Å²) >= 11 is 0. The molecule has 0 saturated heterocycles. The van der Waals surface area contributed by atoms with E-state index >= 15 is 0 Å². The maximum Gasteiger partial charge on any atom is 0.0448 e. The SMILES string of the molecule is CC(C)C1=NCC2(CCCC2)C1. The molecular weight excluding hydrogens is 146 g/mol. The largest absolute Gasteiger partial charge is 0.293 e. The molecule has 0 unspecified atom stereocenters. The highest BCUT2D eigenvalue weighted by atomic mass is 14.8. The van der Waals surface area contributed by atoms with Crippen molar-refractivity contribution < 1.29 is 0 Å². The van der Waals surface area contributed by atoms with Crippen LogP contribution in [0.5, 0.6) is 0 Å². The maximum atomic E-state index is 4.69. The Bertz CT molecular complexity index is 197. The highest BCUT2D eigenvalue weighted by Gasteiger charge is 2.38. The van der Waals surface area contributed by atoms with E-state index in [0.717, 1.165) is 6.54 Å². The van der Waals surface area contributed by atoms with Crippen molar-refractivity contribution in [1.29, 1.82) is 0 Å². The predicted octanol–water partition coefficient (Wildman–Crippen LogP) is 3.05. The van der Waals surface area contributed by atoms with Crippen LogP contribution in [0.3, 0.4) is 0 Å². The summed E-state index contributed by atoms with van der Waals surface area (Å²) in [5, 5.41) is 0. The van der Waals surface area contributed by atoms with E-state index in [2.05, 4.69) is 18.8 Å². The first-order valence-corrected chi connectivity index (χ1v) is 5.25. The Labute approximate surface area is 75.3 Å². The third kappa shape index (κ3) is 1.30. The van der Waals surface area contributed by atoms with E-state index in [-0.39, 0.29) is 0 Å². The van der Waals surface area contributed by atoms with Crippen molar-refractivity contribution in [1.82, 2.24) is 0 Å². The zero-order chi connectivity index (χ0) is 8.60. The normalized spacial score (nSPS) is 27.1. The fraction of sp³-hybridized carbons (Fsp3) is 0.909. The highest BCUT2D eigenvalue weighted by Crippen LogP contribution is 2.45. The molecule has 0 aromatic carbocycles. The number of hydrogen-bond donors (Lipinski definition) is 0. The standard InChI is InChI=1S/C11H19N/c1-9(2)10-7-11(8-12-10)5-3-4-6-11/h9H,3-8H2,1-2H3. The van der Waals surface area contributed by atoms with Crippen LogP contribution < -0.4 is 0 Å². The summed E-state index contributed by atoms with van der Waals surface area (Å²) in [4.78, 5) is 4.69. The van der Waals surface area contributed by atoms with E-state index in [9.17, 15) is 0 Å². The van der Waals surface area contributed by atoms with Gasteiger partial charge in [0.1, 0.15) is 0 Å². The van der Waals surface area contributed by atoms with Gasteiger partial charge in [0.05, 0.1) is 0 Å². The Morgan fingerprint density at radius 2 is 1.92 bits per heavy atom. The predicted molar refractivity (Wildman–Crippen MR) is 52.7 cm³/mol. The van der Waals surface area contributed by atoms with Crippen molar-refractivity contribution >= 4 is 5.71 Å². The molecule has 1 aliphatic carbocycles. The van der Waals surface area contributed by atoms with Crippen LogP contribution in [0.15, 0.2) is 4.99 Å². The highest BCUT2D eigenvalue weighted by molar-refractivity contribution is 5.88. The van der Waals surface area contributed by atoms with Gasteiger partial charge in [0.15, 0.2) is 0 Å². The van der Waals surface area contributed by atoms with Crippen LogP contribution in [-0.4, -0.2) is 12.3 Å². The van der Waals surface area contributed by atoms with Crippen molar-refractivity contribution in [2.24, 2.45) is 16.3 Å². The van der Waals surface area contributed by atoms with Gasteiger partial charge < -0.3 is 0 Å². The van der Waals surface area contributed by atoms with Gasteiger partial charge in [-0.2, -0.15) is 0 Å². The van der Waals surface area contributed by atoms with Crippen LogP contribution in [0.1, 0.15) is 46.0 Å². The number of aliphatic imine (C=N–C) groups is 1. The lowest BCUT2D eigenvalue weighted by Crippen LogP contribution is -2.18. The van der Waals surface area contributed by atoms with Crippen molar-refractivity contribution in [3.05, 3.63) is 0 Å². The zero-order valence-electron chi connectivity index (χ0n) is 8.27. The van der Waals surface area contributed by atoms with Crippen LogP contribution in [0, 0.1) is 11.3 Å². The molecule has 0 N–H and O–H groups in total. The Balaban J connectivity index is 2.02. The summed E-state index contributed by atoms with van der Waals surface area (Å²) in [6.45, 7) is 5.68. The van der Waals surface area contributed by atoms with E-state index in [0.29, 0.717) is 11.3 Å². The first-order chi connectivity index (χ1) is 5.72. The summed E-state index contributed by atoms with van der Waals surface area (Å²) in [6.07, 6.45) is 7.08. The van der Waals surface area contributed by atoms with Gasteiger partial charge in [-0.05, 0) is 30.6 Å². The second kappa shape index (κ2) is 2.86. The molecule has 1 aliphatic heterocycles. The van der Waals surface area contributed by atoms with E-state index in [4.69, 9.17) is 0 Å². The molecule has 1 heteroatoms. The van der Waals surface area contributed by atoms with Crippen LogP contribution in [0.2, 0.25) is 0 Å². The first-order valence-electron chi connectivity index (χ1n) is 5.25. The van der Waals surface area contributed by atoms with Gasteiger partial charge >= 0.3 is 0 Å². The molecule has 2 aliphatic rings. The lowest BCUT2D eigenvalue weighted by Gasteiger charge is -2.21. The minimum Gasteiger partial charge on any atom is -0.293 e. The Morgan fingerprint density at radius 3 is 2.42 bits per heavy atom. The molecule has 0 radical (unpaired) electrons. The summed E-state index contributed by atoms with van der Waals surface area (Å²) in [5.41, 5.74) is 2.12. The van der Waals surface area contributed by atoms with Gasteiger partial charge in [0.25, 0.3) is 0 Å². The molecule has 1 spiro atoms. The van der Waals surface area contributed by atoms with Crippen molar-refractivity contribution in [2.45, 2.75) is 46.0 Å². The first kappa shape index (κ1) is 8.28. The topological polar surface area (TPSA) is 12.4 Å². The van der Waals surface area contributed by atoms with Crippen molar-refractivity contribution in [3.63, 3.8) is 0 Å². The summed E-state index contributed by atoms with van der Waals surface area (Å²) in [6, 6.07) is 0. The molecular formula is C11H19N. The molecule has 0 aromatic rings. The van der Waals surface area contributed by atoms with Gasteiger partial charge in [-0.25, -0.2) is 0 Å². The summed E-state index contributed by atoms with van der Waals surface area (Å²) in [5.74, 6) is 0.685. The molecule has 0 bridgehead atoms. The van der Waals surface area contributed by atoms with Crippen molar-refractivity contribution in [2.75, 3.05) is 6.54 Å². The lowest BCUT2D eigenvalue weighted by atomic mass is 9.82. The fourth-order valence-corrected chi connectivity index (χ4v) is 2.61. The molecule has 12 heavy (non-hydrogen) atoms. The number of rotatable bonds is 1. The van der Waals surface area contributed by atoms with E-state index in [1.165, 1.54) is 37.8 Å². The fourth-order valence-electron chi connectivity index (χ4n) is 2.61. The van der Waals surface area contributed by atoms with E-state index in [1.54, 1.807) is 0 Å². The minimum atomic E-state index is 0.638. The Morgan fingerprint density at radius 1 is 1.25 bits per heavy atom. The van der Waals surface area contributed by atoms with Crippen molar-refractivity contribution in [3.8, 4) is 0 Å². The van der Waals surface area contributed by atoms with Gasteiger partial charge in [-0.3, -0.25) is 4.99 Å². The third-order valence-electron chi connectivity index (χ3n) is 3.50. The number of hydrogen-bond acceptors (Lipinski definition) is 1. The summed E-state index contributed by atoms with van der Waals surface area (Å²) in [7, 11) is 0. The molecule has 0 aromatic heterocycles. The zero-order valence-corrected chi connectivity index (χ0v) is 8.27. The van der Waals surface area contributed by atoms with Crippen LogP contribution in [-0.2, 0) is 0 Å². The Hall–Kier alpha value is -0.330. The summed E-state index contributed by atoms with van der Waals surface area (Å²) < 4.78 is 0. The maximum absolute atomic E-state index is 4.69. The average Bonchev–Trinajstić information content (AvgIpc) is 2.62. The molecule has 0 amide bonds. The molecule has 68 valence electrons. The molecule has 1 heterocycles. The number of nitrogens with zero attached hydrogens (tertiary/aromatic N) is 1. The molecule has 0 atom stereocenters. The average molecular weight is 165 g/mol. The third-order valence-corrected chi connectivity index (χ3v) is 3.50. The second-order valence-electron chi connectivity index (χ2n) is 4.85. The van der Waals surface area contributed by atoms with E-state index in [1.807, 2.05) is 0 Å². The van der Waals surface area contributed by atoms with Crippen LogP contribution >= 0.6 is 0 Å². The van der Waals surface area contributed by atoms with Crippen LogP contribution in [0.4, 0.5) is 0 Å². The molecule has 1 saturated carbocycles. The molecule has 1 nitrogen and oxygen atoms in total. The second-order valence-corrected chi connectivity index (χ2v) is 4.85. The lowest BCUT2D eigenvalue weighted by molar-refractivity contribution is 0.343. The quantitative estimate of drug-likeness (QED) is 0.566. The molecule has 2 rings (SSSR count). The molecule has 1 fully saturated rings. The smallest absolute Gasteiger partial charge is 0.0448 e. The van der Waals surface area contributed by atoms with Gasteiger partial charge in [-0.1, -0.05) is 26.7 Å². The minimum absolute atomic E-state index is 0.638.